The summed E-state index contributed by atoms with van der Waals surface area (Å²) in [6.07, 6.45) is 1.67. The van der Waals surface area contributed by atoms with Gasteiger partial charge in [-0.1, -0.05) is 37.3 Å². The van der Waals surface area contributed by atoms with Gasteiger partial charge < -0.3 is 10.6 Å². The lowest BCUT2D eigenvalue weighted by Gasteiger charge is -2.26. The van der Waals surface area contributed by atoms with Crippen molar-refractivity contribution in [2.45, 2.75) is 25.7 Å². The third-order valence-corrected chi connectivity index (χ3v) is 3.61. The van der Waals surface area contributed by atoms with Gasteiger partial charge in [0.1, 0.15) is 0 Å². The Morgan fingerprint density at radius 2 is 2.11 bits per heavy atom. The van der Waals surface area contributed by atoms with Crippen LogP contribution in [0, 0.1) is 5.92 Å². The highest BCUT2D eigenvalue weighted by molar-refractivity contribution is 5.76. The molecule has 3 heteroatoms. The molecule has 1 saturated heterocycles. The molecule has 1 heterocycles. The summed E-state index contributed by atoms with van der Waals surface area (Å²) >= 11 is 0. The van der Waals surface area contributed by atoms with Crippen molar-refractivity contribution < 1.29 is 4.79 Å². The van der Waals surface area contributed by atoms with Gasteiger partial charge in [0.2, 0.25) is 5.91 Å². The first kappa shape index (κ1) is 13.1. The molecule has 18 heavy (non-hydrogen) atoms. The van der Waals surface area contributed by atoms with E-state index in [1.54, 1.807) is 0 Å². The lowest BCUT2D eigenvalue weighted by molar-refractivity contribution is -0.122. The first-order valence-corrected chi connectivity index (χ1v) is 6.78. The smallest absolute Gasteiger partial charge is 0.220 e. The van der Waals surface area contributed by atoms with E-state index in [-0.39, 0.29) is 5.91 Å². The highest BCUT2D eigenvalue weighted by atomic mass is 16.1. The summed E-state index contributed by atoms with van der Waals surface area (Å²) in [5.41, 5.74) is 1.34. The predicted molar refractivity (Wildman–Crippen MR) is 73.5 cm³/mol. The summed E-state index contributed by atoms with van der Waals surface area (Å²) in [4.78, 5) is 11.6. The van der Waals surface area contributed by atoms with E-state index in [0.717, 1.165) is 26.1 Å². The maximum Gasteiger partial charge on any atom is 0.220 e. The summed E-state index contributed by atoms with van der Waals surface area (Å²) < 4.78 is 0. The van der Waals surface area contributed by atoms with Crippen molar-refractivity contribution in [1.29, 1.82) is 0 Å². The average Bonchev–Trinajstić information content (AvgIpc) is 2.35. The molecule has 2 N–H and O–H groups in total. The molecule has 98 valence electrons. The van der Waals surface area contributed by atoms with Crippen LogP contribution in [0.2, 0.25) is 0 Å². The summed E-state index contributed by atoms with van der Waals surface area (Å²) in [5, 5.41) is 6.20. The van der Waals surface area contributed by atoms with Gasteiger partial charge in [-0.2, -0.15) is 0 Å². The van der Waals surface area contributed by atoms with Gasteiger partial charge in [0.15, 0.2) is 0 Å². The molecule has 2 rings (SSSR count). The van der Waals surface area contributed by atoms with E-state index in [0.29, 0.717) is 18.3 Å². The summed E-state index contributed by atoms with van der Waals surface area (Å²) in [6, 6.07) is 10.5. The van der Waals surface area contributed by atoms with Gasteiger partial charge in [-0.25, -0.2) is 0 Å². The van der Waals surface area contributed by atoms with Crippen LogP contribution in [0.4, 0.5) is 0 Å². The molecule has 0 aliphatic carbocycles. The third-order valence-electron chi connectivity index (χ3n) is 3.61. The van der Waals surface area contributed by atoms with Crippen molar-refractivity contribution in [3.8, 4) is 0 Å². The molecule has 1 aliphatic heterocycles. The van der Waals surface area contributed by atoms with Crippen molar-refractivity contribution in [3.63, 3.8) is 0 Å². The van der Waals surface area contributed by atoms with Crippen molar-refractivity contribution in [3.05, 3.63) is 35.9 Å². The van der Waals surface area contributed by atoms with Gasteiger partial charge in [-0.05, 0) is 36.9 Å². The lowest BCUT2D eigenvalue weighted by atomic mass is 9.97. The fourth-order valence-corrected chi connectivity index (χ4v) is 2.20. The van der Waals surface area contributed by atoms with Crippen molar-refractivity contribution >= 4 is 5.91 Å². The molecule has 1 fully saturated rings. The summed E-state index contributed by atoms with van der Waals surface area (Å²) in [7, 11) is 0. The molecule has 1 aliphatic rings. The molecule has 1 atom stereocenters. The minimum Gasteiger partial charge on any atom is -0.356 e. The second kappa shape index (κ2) is 6.55. The minimum atomic E-state index is 0.196. The van der Waals surface area contributed by atoms with Crippen LogP contribution in [0.15, 0.2) is 30.3 Å². The number of benzene rings is 1. The number of rotatable bonds is 6. The largest absolute Gasteiger partial charge is 0.356 e. The Hall–Kier alpha value is -1.35. The number of carbonyl (C=O) groups is 1. The molecule has 0 bridgehead atoms. The number of amides is 1. The van der Waals surface area contributed by atoms with Crippen LogP contribution in [0.25, 0.3) is 0 Å². The Kier molecular flexibility index (Phi) is 4.76. The number of hydrogen-bond donors (Lipinski definition) is 2. The zero-order valence-electron chi connectivity index (χ0n) is 11.0. The standard InChI is InChI=1S/C15H22N2O/c1-12(14-5-3-2-4-6-14)7-8-17-15(18)9-13-10-16-11-13/h2-6,12-13,16H,7-11H2,1H3,(H,17,18). The predicted octanol–water partition coefficient (Wildman–Crippen LogP) is 1.91. The second-order valence-corrected chi connectivity index (χ2v) is 5.18. The van der Waals surface area contributed by atoms with Crippen LogP contribution in [0.3, 0.4) is 0 Å². The van der Waals surface area contributed by atoms with E-state index in [9.17, 15) is 4.79 Å². The zero-order valence-corrected chi connectivity index (χ0v) is 11.0. The molecular weight excluding hydrogens is 224 g/mol. The number of carbonyl (C=O) groups excluding carboxylic acids is 1. The Labute approximate surface area is 109 Å². The first-order valence-electron chi connectivity index (χ1n) is 6.78. The van der Waals surface area contributed by atoms with Crippen LogP contribution >= 0.6 is 0 Å². The second-order valence-electron chi connectivity index (χ2n) is 5.18. The molecule has 3 nitrogen and oxygen atoms in total. The van der Waals surface area contributed by atoms with Gasteiger partial charge in [-0.15, -0.1) is 0 Å². The fraction of sp³-hybridized carbons (Fsp3) is 0.533. The Balaban J connectivity index is 1.64. The maximum absolute atomic E-state index is 11.6. The SMILES string of the molecule is CC(CCNC(=O)CC1CNC1)c1ccccc1. The molecule has 0 spiro atoms. The van der Waals surface area contributed by atoms with Crippen LogP contribution in [-0.4, -0.2) is 25.5 Å². The van der Waals surface area contributed by atoms with Gasteiger partial charge in [-0.3, -0.25) is 4.79 Å². The van der Waals surface area contributed by atoms with Crippen LogP contribution in [0.5, 0.6) is 0 Å². The normalized spacial score (nSPS) is 16.9. The fourth-order valence-electron chi connectivity index (χ4n) is 2.20. The Morgan fingerprint density at radius 3 is 2.72 bits per heavy atom. The molecule has 1 unspecified atom stereocenters. The summed E-state index contributed by atoms with van der Waals surface area (Å²) in [6.45, 7) is 4.97. The van der Waals surface area contributed by atoms with Crippen LogP contribution in [0.1, 0.15) is 31.2 Å². The molecule has 1 aromatic carbocycles. The molecule has 1 amide bonds. The lowest BCUT2D eigenvalue weighted by Crippen LogP contribution is -2.44. The number of nitrogens with one attached hydrogen (secondary N) is 2. The summed E-state index contributed by atoms with van der Waals surface area (Å²) in [5.74, 6) is 1.25. The number of hydrogen-bond acceptors (Lipinski definition) is 2. The molecule has 0 saturated carbocycles. The van der Waals surface area contributed by atoms with E-state index in [2.05, 4.69) is 41.8 Å². The van der Waals surface area contributed by atoms with E-state index < -0.39 is 0 Å². The minimum absolute atomic E-state index is 0.196. The van der Waals surface area contributed by atoms with Crippen LogP contribution < -0.4 is 10.6 Å². The highest BCUT2D eigenvalue weighted by Crippen LogP contribution is 2.17. The maximum atomic E-state index is 11.6. The monoisotopic (exact) mass is 246 g/mol. The third kappa shape index (κ3) is 3.84. The molecular formula is C15H22N2O. The van der Waals surface area contributed by atoms with Crippen molar-refractivity contribution in [2.24, 2.45) is 5.92 Å². The zero-order chi connectivity index (χ0) is 12.8. The van der Waals surface area contributed by atoms with Gasteiger partial charge >= 0.3 is 0 Å². The molecule has 1 aromatic rings. The quantitative estimate of drug-likeness (QED) is 0.805. The van der Waals surface area contributed by atoms with Gasteiger partial charge in [0, 0.05) is 13.0 Å². The molecule has 0 aromatic heterocycles. The van der Waals surface area contributed by atoms with E-state index in [1.165, 1.54) is 5.56 Å². The van der Waals surface area contributed by atoms with Gasteiger partial charge in [0.25, 0.3) is 0 Å². The van der Waals surface area contributed by atoms with Crippen molar-refractivity contribution in [1.82, 2.24) is 10.6 Å². The first-order chi connectivity index (χ1) is 8.75. The van der Waals surface area contributed by atoms with Crippen LogP contribution in [-0.2, 0) is 4.79 Å². The van der Waals surface area contributed by atoms with E-state index >= 15 is 0 Å². The Bertz CT molecular complexity index is 373. The Morgan fingerprint density at radius 1 is 1.39 bits per heavy atom. The molecule has 0 radical (unpaired) electrons. The van der Waals surface area contributed by atoms with E-state index in [1.807, 2.05) is 6.07 Å². The highest BCUT2D eigenvalue weighted by Gasteiger charge is 2.19. The van der Waals surface area contributed by atoms with Gasteiger partial charge in [0.05, 0.1) is 0 Å². The van der Waals surface area contributed by atoms with Crippen molar-refractivity contribution in [2.75, 3.05) is 19.6 Å². The van der Waals surface area contributed by atoms with E-state index in [4.69, 9.17) is 0 Å². The topological polar surface area (TPSA) is 41.1 Å². The average molecular weight is 246 g/mol.